The molecule has 0 saturated carbocycles. The van der Waals surface area contributed by atoms with Crippen LogP contribution in [-0.4, -0.2) is 75.5 Å². The zero-order valence-electron chi connectivity index (χ0n) is 43.2. The first kappa shape index (κ1) is 62.1. The standard InChI is InChI=1S/C56H107NO7/c1-6-8-10-12-14-16-18-20-22-24-26-27-29-31-33-35-37-39-41-43-45-47-55(59)64-52(50-62-49-48-53(56(60)61)57(3,4)5)51-63-54(58)46-44-42-40-38-36-34-32-30-28-25-23-21-19-17-15-13-11-9-7-2/h25,28,52-53H,6-24,26-27,29-51H2,1-5H3/b28-25+. The number of esters is 2. The van der Waals surface area contributed by atoms with Gasteiger partial charge in [0.2, 0.25) is 0 Å². The summed E-state index contributed by atoms with van der Waals surface area (Å²) in [6.45, 7) is 4.72. The molecular formula is C56H107NO7. The van der Waals surface area contributed by atoms with Crippen LogP contribution in [0.15, 0.2) is 12.2 Å². The van der Waals surface area contributed by atoms with Crippen LogP contribution in [0, 0.1) is 0 Å². The second-order valence-electron chi connectivity index (χ2n) is 20.2. The van der Waals surface area contributed by atoms with Crippen LogP contribution in [0.1, 0.15) is 277 Å². The molecule has 0 rings (SSSR count). The maximum atomic E-state index is 12.8. The predicted octanol–water partition coefficient (Wildman–Crippen LogP) is 14.9. The van der Waals surface area contributed by atoms with Crippen molar-refractivity contribution in [2.45, 2.75) is 289 Å². The minimum absolute atomic E-state index is 0.0459. The molecule has 2 atom stereocenters. The summed E-state index contributed by atoms with van der Waals surface area (Å²) in [6.07, 6.45) is 53.9. The first-order chi connectivity index (χ1) is 31.1. The maximum Gasteiger partial charge on any atom is 0.306 e. The van der Waals surface area contributed by atoms with Crippen LogP contribution in [0.3, 0.4) is 0 Å². The number of carbonyl (C=O) groups is 3. The van der Waals surface area contributed by atoms with E-state index in [1.807, 2.05) is 21.1 Å². The first-order valence-corrected chi connectivity index (χ1v) is 27.7. The number of aliphatic carboxylic acids is 1. The molecule has 8 nitrogen and oxygen atoms in total. The smallest absolute Gasteiger partial charge is 0.306 e. The molecule has 0 saturated heterocycles. The molecule has 378 valence electrons. The molecule has 0 aromatic heterocycles. The Morgan fingerprint density at radius 1 is 0.453 bits per heavy atom. The van der Waals surface area contributed by atoms with Gasteiger partial charge < -0.3 is 28.6 Å². The SMILES string of the molecule is CCCCCCCCCC/C=C/CCCCCCCCCC(=O)OCC(COCCC(C(=O)[O-])[N+](C)(C)C)OC(=O)CCCCCCCCCCCCCCCCCCCCCCC. The van der Waals surface area contributed by atoms with Gasteiger partial charge in [0.15, 0.2) is 6.10 Å². The number of hydrogen-bond acceptors (Lipinski definition) is 7. The lowest BCUT2D eigenvalue weighted by molar-refractivity contribution is -0.889. The fourth-order valence-corrected chi connectivity index (χ4v) is 8.60. The minimum Gasteiger partial charge on any atom is -0.544 e. The number of quaternary nitrogens is 1. The normalized spacial score (nSPS) is 12.8. The highest BCUT2D eigenvalue weighted by Crippen LogP contribution is 2.17. The molecule has 0 aliphatic carbocycles. The number of carboxylic acids is 1. The number of likely N-dealkylation sites (N-methyl/N-ethyl adjacent to an activating group) is 1. The van der Waals surface area contributed by atoms with Gasteiger partial charge in [-0.3, -0.25) is 9.59 Å². The van der Waals surface area contributed by atoms with E-state index in [1.165, 1.54) is 205 Å². The van der Waals surface area contributed by atoms with Gasteiger partial charge in [-0.15, -0.1) is 0 Å². The molecule has 0 amide bonds. The third-order valence-electron chi connectivity index (χ3n) is 12.9. The fraction of sp³-hybridized carbons (Fsp3) is 0.911. The van der Waals surface area contributed by atoms with E-state index in [0.717, 1.165) is 38.5 Å². The van der Waals surface area contributed by atoms with E-state index >= 15 is 0 Å². The van der Waals surface area contributed by atoms with E-state index < -0.39 is 18.1 Å². The molecule has 0 N–H and O–H groups in total. The van der Waals surface area contributed by atoms with E-state index in [2.05, 4.69) is 26.0 Å². The zero-order chi connectivity index (χ0) is 47.0. The average molecular weight is 906 g/mol. The highest BCUT2D eigenvalue weighted by atomic mass is 16.6. The number of hydrogen-bond donors (Lipinski definition) is 0. The van der Waals surface area contributed by atoms with Crippen LogP contribution in [-0.2, 0) is 28.6 Å². The van der Waals surface area contributed by atoms with Crippen LogP contribution >= 0.6 is 0 Å². The molecule has 8 heteroatoms. The van der Waals surface area contributed by atoms with E-state index in [0.29, 0.717) is 12.8 Å². The molecule has 2 unspecified atom stereocenters. The fourth-order valence-electron chi connectivity index (χ4n) is 8.60. The molecule has 0 spiro atoms. The molecule has 0 heterocycles. The lowest BCUT2D eigenvalue weighted by Crippen LogP contribution is -2.55. The van der Waals surface area contributed by atoms with Gasteiger partial charge in [-0.1, -0.05) is 231 Å². The average Bonchev–Trinajstić information content (AvgIpc) is 3.26. The Labute approximate surface area is 397 Å². The minimum atomic E-state index is -1.12. The van der Waals surface area contributed by atoms with Gasteiger partial charge in [-0.25, -0.2) is 0 Å². The summed E-state index contributed by atoms with van der Waals surface area (Å²) in [6, 6.07) is -0.723. The van der Waals surface area contributed by atoms with Crippen LogP contribution in [0.5, 0.6) is 0 Å². The van der Waals surface area contributed by atoms with Crippen molar-refractivity contribution in [3.05, 3.63) is 12.2 Å². The summed E-state index contributed by atoms with van der Waals surface area (Å²) >= 11 is 0. The number of ether oxygens (including phenoxy) is 3. The molecule has 64 heavy (non-hydrogen) atoms. The Morgan fingerprint density at radius 2 is 0.781 bits per heavy atom. The third-order valence-corrected chi connectivity index (χ3v) is 12.9. The Bertz CT molecular complexity index is 1060. The van der Waals surface area contributed by atoms with E-state index in [4.69, 9.17) is 14.2 Å². The van der Waals surface area contributed by atoms with Gasteiger partial charge in [0.05, 0.1) is 40.3 Å². The van der Waals surface area contributed by atoms with Crippen LogP contribution in [0.4, 0.5) is 0 Å². The second kappa shape index (κ2) is 47.6. The molecule has 0 aromatic rings. The summed E-state index contributed by atoms with van der Waals surface area (Å²) in [5, 5.41) is 11.7. The van der Waals surface area contributed by atoms with Crippen molar-refractivity contribution < 1.29 is 38.2 Å². The Morgan fingerprint density at radius 3 is 1.12 bits per heavy atom. The topological polar surface area (TPSA) is 102 Å². The maximum absolute atomic E-state index is 12.8. The number of carbonyl (C=O) groups excluding carboxylic acids is 3. The molecule has 0 radical (unpaired) electrons. The van der Waals surface area contributed by atoms with Gasteiger partial charge in [-0.05, 0) is 38.5 Å². The van der Waals surface area contributed by atoms with Crippen molar-refractivity contribution >= 4 is 17.9 Å². The van der Waals surface area contributed by atoms with Gasteiger partial charge >= 0.3 is 11.9 Å². The van der Waals surface area contributed by atoms with Crippen LogP contribution in [0.2, 0.25) is 0 Å². The Kier molecular flexibility index (Phi) is 46.1. The number of unbranched alkanes of at least 4 members (excludes halogenated alkanes) is 35. The van der Waals surface area contributed by atoms with Crippen molar-refractivity contribution in [2.75, 3.05) is 41.0 Å². The van der Waals surface area contributed by atoms with Crippen LogP contribution < -0.4 is 5.11 Å². The number of rotatable bonds is 51. The molecular weight excluding hydrogens is 799 g/mol. The van der Waals surface area contributed by atoms with Gasteiger partial charge in [-0.2, -0.15) is 0 Å². The summed E-state index contributed by atoms with van der Waals surface area (Å²) in [4.78, 5) is 37.1. The molecule has 0 aromatic carbocycles. The van der Waals surface area contributed by atoms with E-state index in [1.54, 1.807) is 0 Å². The lowest BCUT2D eigenvalue weighted by Gasteiger charge is -2.34. The zero-order valence-corrected chi connectivity index (χ0v) is 43.2. The third kappa shape index (κ3) is 45.2. The van der Waals surface area contributed by atoms with Gasteiger partial charge in [0.25, 0.3) is 0 Å². The Balaban J connectivity index is 4.16. The summed E-state index contributed by atoms with van der Waals surface area (Å²) in [7, 11) is 5.43. The van der Waals surface area contributed by atoms with Crippen molar-refractivity contribution in [3.8, 4) is 0 Å². The van der Waals surface area contributed by atoms with Crippen molar-refractivity contribution in [2.24, 2.45) is 0 Å². The number of nitrogens with zero attached hydrogens (tertiary/aromatic N) is 1. The van der Waals surface area contributed by atoms with Crippen molar-refractivity contribution in [1.82, 2.24) is 0 Å². The Hall–Kier alpha value is -1.93. The highest BCUT2D eigenvalue weighted by Gasteiger charge is 2.25. The van der Waals surface area contributed by atoms with Crippen molar-refractivity contribution in [1.29, 1.82) is 0 Å². The predicted molar refractivity (Wildman–Crippen MR) is 268 cm³/mol. The molecule has 0 fully saturated rings. The lowest BCUT2D eigenvalue weighted by atomic mass is 10.0. The quantitative estimate of drug-likeness (QED) is 0.0259. The second-order valence-corrected chi connectivity index (χ2v) is 20.2. The summed E-state index contributed by atoms with van der Waals surface area (Å²) in [5.74, 6) is -1.72. The molecule has 0 aliphatic heterocycles. The summed E-state index contributed by atoms with van der Waals surface area (Å²) < 4.78 is 17.3. The largest absolute Gasteiger partial charge is 0.544 e. The molecule has 0 aliphatic rings. The molecule has 0 bridgehead atoms. The first-order valence-electron chi connectivity index (χ1n) is 27.7. The van der Waals surface area contributed by atoms with Crippen LogP contribution in [0.25, 0.3) is 0 Å². The van der Waals surface area contributed by atoms with E-state index in [9.17, 15) is 19.5 Å². The highest BCUT2D eigenvalue weighted by molar-refractivity contribution is 5.70. The number of allylic oxidation sites excluding steroid dienone is 2. The number of carboxylic acid groups (broad SMARTS) is 1. The van der Waals surface area contributed by atoms with E-state index in [-0.39, 0.29) is 42.7 Å². The van der Waals surface area contributed by atoms with Crippen molar-refractivity contribution in [3.63, 3.8) is 0 Å². The van der Waals surface area contributed by atoms with Gasteiger partial charge in [0, 0.05) is 19.3 Å². The van der Waals surface area contributed by atoms with Gasteiger partial charge in [0.1, 0.15) is 12.6 Å². The monoisotopic (exact) mass is 906 g/mol. The summed E-state index contributed by atoms with van der Waals surface area (Å²) in [5.41, 5.74) is 0.